The van der Waals surface area contributed by atoms with Gasteiger partial charge in [0.1, 0.15) is 6.10 Å². The first kappa shape index (κ1) is 26.5. The highest BCUT2D eigenvalue weighted by atomic mass is 19.4. The number of benzene rings is 1. The van der Waals surface area contributed by atoms with Crippen molar-refractivity contribution in [2.24, 2.45) is 0 Å². The van der Waals surface area contributed by atoms with Crippen LogP contribution in [-0.2, 0) is 21.9 Å². The summed E-state index contributed by atoms with van der Waals surface area (Å²) in [6, 6.07) is 0.657. The Morgan fingerprint density at radius 2 is 1.50 bits per heavy atom. The number of morpholine rings is 1. The summed E-state index contributed by atoms with van der Waals surface area (Å²) in [5.41, 5.74) is -2.90. The fraction of sp³-hybridized carbons (Fsp3) is 0.696. The topological polar surface area (TPSA) is 29.5 Å². The molecule has 0 bridgehead atoms. The quantitative estimate of drug-likeness (QED) is 0.270. The van der Waals surface area contributed by atoms with E-state index in [0.717, 1.165) is 50.7 Å². The summed E-state index contributed by atoms with van der Waals surface area (Å²) >= 11 is 0. The Hall–Kier alpha value is -1.77. The Morgan fingerprint density at radius 1 is 0.938 bits per heavy atom. The summed E-state index contributed by atoms with van der Waals surface area (Å²) in [4.78, 5) is 14.4. The first-order valence-corrected chi connectivity index (χ1v) is 11.2. The number of rotatable bonds is 10. The molecule has 9 heteroatoms. The van der Waals surface area contributed by atoms with Gasteiger partial charge >= 0.3 is 12.4 Å². The molecular weight excluding hydrogens is 436 g/mol. The minimum Gasteiger partial charge on any atom is -0.367 e. The molecule has 1 fully saturated rings. The van der Waals surface area contributed by atoms with Gasteiger partial charge in [0, 0.05) is 6.54 Å². The molecule has 1 aromatic carbocycles. The van der Waals surface area contributed by atoms with E-state index in [-0.39, 0.29) is 37.1 Å². The molecule has 2 unspecified atom stereocenters. The number of amides is 1. The maximum atomic E-state index is 13.3. The molecule has 32 heavy (non-hydrogen) atoms. The van der Waals surface area contributed by atoms with Crippen LogP contribution in [0.3, 0.4) is 0 Å². The first-order valence-electron chi connectivity index (χ1n) is 11.2. The molecule has 2 atom stereocenters. The van der Waals surface area contributed by atoms with E-state index in [2.05, 4.69) is 6.92 Å². The Kier molecular flexibility index (Phi) is 9.42. The zero-order valence-corrected chi connectivity index (χ0v) is 18.5. The molecule has 1 saturated heterocycles. The van der Waals surface area contributed by atoms with Gasteiger partial charge in [0.25, 0.3) is 5.91 Å². The summed E-state index contributed by atoms with van der Waals surface area (Å²) < 4.78 is 85.2. The summed E-state index contributed by atoms with van der Waals surface area (Å²) in [5.74, 6) is -0.373. The molecule has 1 aromatic rings. The average Bonchev–Trinajstić information content (AvgIpc) is 2.72. The van der Waals surface area contributed by atoms with Gasteiger partial charge in [0.2, 0.25) is 0 Å². The van der Waals surface area contributed by atoms with E-state index in [9.17, 15) is 31.1 Å². The van der Waals surface area contributed by atoms with Crippen molar-refractivity contribution in [3.63, 3.8) is 0 Å². The molecule has 0 radical (unpaired) electrons. The maximum absolute atomic E-state index is 13.3. The monoisotopic (exact) mass is 467 g/mol. The highest BCUT2D eigenvalue weighted by molar-refractivity contribution is 5.82. The number of hydrogen-bond donors (Lipinski definition) is 0. The number of carbonyl (C=O) groups excluding carboxylic acids is 1. The normalized spacial score (nSPS) is 18.8. The van der Waals surface area contributed by atoms with Crippen molar-refractivity contribution in [2.75, 3.05) is 13.2 Å². The number of hydrogen-bond acceptors (Lipinski definition) is 2. The Morgan fingerprint density at radius 3 is 2.03 bits per heavy atom. The lowest BCUT2D eigenvalue weighted by Gasteiger charge is -2.38. The third kappa shape index (κ3) is 7.12. The van der Waals surface area contributed by atoms with Crippen LogP contribution in [0, 0.1) is 0 Å². The summed E-state index contributed by atoms with van der Waals surface area (Å²) in [6.45, 7) is 4.09. The minimum absolute atomic E-state index is 0.110. The van der Waals surface area contributed by atoms with Gasteiger partial charge in [-0.15, -0.1) is 0 Å². The predicted octanol–water partition coefficient (Wildman–Crippen LogP) is 7.15. The minimum atomic E-state index is -4.93. The smallest absolute Gasteiger partial charge is 0.367 e. The first-order chi connectivity index (χ1) is 15.0. The fourth-order valence-corrected chi connectivity index (χ4v) is 4.09. The van der Waals surface area contributed by atoms with E-state index in [0.29, 0.717) is 6.42 Å². The number of ether oxygens (including phenoxy) is 1. The molecule has 0 aromatic heterocycles. The summed E-state index contributed by atoms with van der Waals surface area (Å²) in [5, 5.41) is 0. The highest BCUT2D eigenvalue weighted by Gasteiger charge is 2.39. The second-order valence-corrected chi connectivity index (χ2v) is 8.21. The third-order valence-corrected chi connectivity index (χ3v) is 5.79. The molecule has 3 nitrogen and oxygen atoms in total. The Bertz CT molecular complexity index is 715. The van der Waals surface area contributed by atoms with Crippen LogP contribution in [0.25, 0.3) is 0 Å². The molecule has 2 rings (SSSR count). The van der Waals surface area contributed by atoms with E-state index in [1.807, 2.05) is 0 Å². The molecule has 0 N–H and O–H groups in total. The van der Waals surface area contributed by atoms with Crippen molar-refractivity contribution < 1.29 is 35.9 Å². The van der Waals surface area contributed by atoms with Crippen LogP contribution in [0.2, 0.25) is 0 Å². The van der Waals surface area contributed by atoms with Crippen LogP contribution < -0.4 is 0 Å². The lowest BCUT2D eigenvalue weighted by Crippen LogP contribution is -2.49. The number of halogens is 6. The van der Waals surface area contributed by atoms with E-state index in [4.69, 9.17) is 4.74 Å². The van der Waals surface area contributed by atoms with E-state index in [1.165, 1.54) is 4.90 Å². The molecule has 1 aliphatic rings. The number of carbonyl (C=O) groups is 1. The van der Waals surface area contributed by atoms with Crippen LogP contribution in [0.15, 0.2) is 18.2 Å². The lowest BCUT2D eigenvalue weighted by molar-refractivity contribution is -0.157. The lowest BCUT2D eigenvalue weighted by atomic mass is 9.95. The molecule has 0 spiro atoms. The van der Waals surface area contributed by atoms with Crippen molar-refractivity contribution in [3.8, 4) is 0 Å². The molecule has 1 heterocycles. The molecular formula is C23H31F6NO2. The zero-order valence-electron chi connectivity index (χ0n) is 18.5. The van der Waals surface area contributed by atoms with Crippen LogP contribution >= 0.6 is 0 Å². The van der Waals surface area contributed by atoms with Crippen molar-refractivity contribution in [1.82, 2.24) is 4.90 Å². The average molecular weight is 467 g/mol. The third-order valence-electron chi connectivity index (χ3n) is 5.79. The molecule has 0 saturated carbocycles. The summed E-state index contributed by atoms with van der Waals surface area (Å²) in [7, 11) is 0. The predicted molar refractivity (Wildman–Crippen MR) is 109 cm³/mol. The van der Waals surface area contributed by atoms with Crippen LogP contribution in [0.1, 0.15) is 87.9 Å². The van der Waals surface area contributed by atoms with Crippen molar-refractivity contribution >= 4 is 5.91 Å². The zero-order chi connectivity index (χ0) is 23.9. The van der Waals surface area contributed by atoms with Crippen molar-refractivity contribution in [2.45, 2.75) is 89.7 Å². The molecule has 1 aliphatic heterocycles. The second-order valence-electron chi connectivity index (χ2n) is 8.21. The van der Waals surface area contributed by atoms with E-state index < -0.39 is 35.6 Å². The van der Waals surface area contributed by atoms with Gasteiger partial charge in [-0.3, -0.25) is 4.79 Å². The van der Waals surface area contributed by atoms with E-state index >= 15 is 0 Å². The van der Waals surface area contributed by atoms with Crippen molar-refractivity contribution in [1.29, 1.82) is 0 Å². The van der Waals surface area contributed by atoms with Crippen LogP contribution in [0.4, 0.5) is 26.3 Å². The second kappa shape index (κ2) is 11.4. The maximum Gasteiger partial charge on any atom is 0.416 e. The van der Waals surface area contributed by atoms with Gasteiger partial charge in [-0.25, -0.2) is 0 Å². The Balaban J connectivity index is 2.20. The van der Waals surface area contributed by atoms with E-state index in [1.54, 1.807) is 6.92 Å². The molecule has 0 aliphatic carbocycles. The molecule has 182 valence electrons. The summed E-state index contributed by atoms with van der Waals surface area (Å²) in [6.07, 6.45) is -3.69. The SMILES string of the molecule is CCCCCCCCC1OCCN(C(CC)c2cc(C(F)(F)F)cc(C(F)(F)F)c2)C1=O. The standard InChI is InChI=1S/C23H31F6NO2/c1-3-5-6-7-8-9-10-20-21(31)30(11-12-32-20)19(4-2)16-13-17(22(24,25)26)15-18(14-16)23(27,28)29/h13-15,19-20H,3-12H2,1-2H3. The van der Waals surface area contributed by atoms with Gasteiger partial charge in [-0.1, -0.05) is 52.4 Å². The van der Waals surface area contributed by atoms with Gasteiger partial charge in [0.05, 0.1) is 23.8 Å². The van der Waals surface area contributed by atoms with Gasteiger partial charge < -0.3 is 9.64 Å². The van der Waals surface area contributed by atoms with Crippen molar-refractivity contribution in [3.05, 3.63) is 34.9 Å². The number of alkyl halides is 6. The van der Waals surface area contributed by atoms with Gasteiger partial charge in [-0.2, -0.15) is 26.3 Å². The number of nitrogens with zero attached hydrogens (tertiary/aromatic N) is 1. The van der Waals surface area contributed by atoms with Gasteiger partial charge in [0.15, 0.2) is 0 Å². The molecule has 1 amide bonds. The largest absolute Gasteiger partial charge is 0.416 e. The van der Waals surface area contributed by atoms with Crippen LogP contribution in [-0.4, -0.2) is 30.1 Å². The number of unbranched alkanes of at least 4 members (excludes halogenated alkanes) is 5. The highest BCUT2D eigenvalue weighted by Crippen LogP contribution is 2.39. The Labute approximate surface area is 185 Å². The fourth-order valence-electron chi connectivity index (χ4n) is 4.09. The van der Waals surface area contributed by atoms with Crippen LogP contribution in [0.5, 0.6) is 0 Å². The van der Waals surface area contributed by atoms with Gasteiger partial charge in [-0.05, 0) is 36.6 Å².